The van der Waals surface area contributed by atoms with Crippen LogP contribution in [0.4, 0.5) is 5.69 Å². The Bertz CT molecular complexity index is 962. The molecule has 138 valence electrons. The number of aromatic carboxylic acids is 1. The SMILES string of the molecule is O=C(O)c1ccc(N=NC(C(=O)c2ccccc2)C(=O)c2ccccc2)cc1. The molecule has 0 heterocycles. The summed E-state index contributed by atoms with van der Waals surface area (Å²) >= 11 is 0. The second-order valence-electron chi connectivity index (χ2n) is 5.93. The Morgan fingerprint density at radius 1 is 0.643 bits per heavy atom. The number of carboxylic acid groups (broad SMARTS) is 1. The Morgan fingerprint density at radius 3 is 1.54 bits per heavy atom. The number of carboxylic acids is 1. The molecule has 0 aliphatic rings. The fraction of sp³-hybridized carbons (Fsp3) is 0.0455. The molecular weight excluding hydrogens is 356 g/mol. The van der Waals surface area contributed by atoms with Gasteiger partial charge < -0.3 is 5.11 Å². The zero-order valence-electron chi connectivity index (χ0n) is 14.7. The summed E-state index contributed by atoms with van der Waals surface area (Å²) in [6, 6.07) is 21.2. The molecule has 0 bridgehead atoms. The van der Waals surface area contributed by atoms with Crippen molar-refractivity contribution in [2.45, 2.75) is 6.04 Å². The van der Waals surface area contributed by atoms with Gasteiger partial charge in [-0.2, -0.15) is 10.2 Å². The van der Waals surface area contributed by atoms with Crippen LogP contribution in [-0.2, 0) is 0 Å². The largest absolute Gasteiger partial charge is 0.478 e. The van der Waals surface area contributed by atoms with Gasteiger partial charge in [-0.15, -0.1) is 0 Å². The van der Waals surface area contributed by atoms with Gasteiger partial charge in [-0.3, -0.25) is 9.59 Å². The van der Waals surface area contributed by atoms with Gasteiger partial charge in [-0.1, -0.05) is 60.7 Å². The lowest BCUT2D eigenvalue weighted by molar-refractivity contribution is 0.0696. The van der Waals surface area contributed by atoms with Gasteiger partial charge >= 0.3 is 5.97 Å². The van der Waals surface area contributed by atoms with E-state index in [1.54, 1.807) is 60.7 Å². The van der Waals surface area contributed by atoms with Crippen LogP contribution >= 0.6 is 0 Å². The second-order valence-corrected chi connectivity index (χ2v) is 5.93. The highest BCUT2D eigenvalue weighted by Crippen LogP contribution is 2.18. The summed E-state index contributed by atoms with van der Waals surface area (Å²) in [7, 11) is 0. The first-order chi connectivity index (χ1) is 13.6. The predicted octanol–water partition coefficient (Wildman–Crippen LogP) is 4.60. The van der Waals surface area contributed by atoms with E-state index in [-0.39, 0.29) is 5.56 Å². The normalized spacial score (nSPS) is 10.9. The molecule has 0 radical (unpaired) electrons. The molecule has 0 unspecified atom stereocenters. The van der Waals surface area contributed by atoms with Gasteiger partial charge in [0.2, 0.25) is 0 Å². The fourth-order valence-corrected chi connectivity index (χ4v) is 2.54. The van der Waals surface area contributed by atoms with Crippen LogP contribution in [0.1, 0.15) is 31.1 Å². The van der Waals surface area contributed by atoms with Crippen LogP contribution in [0.5, 0.6) is 0 Å². The van der Waals surface area contributed by atoms with E-state index in [1.165, 1.54) is 24.3 Å². The Hall–Kier alpha value is -3.93. The molecule has 0 aromatic heterocycles. The topological polar surface area (TPSA) is 96.2 Å². The molecule has 28 heavy (non-hydrogen) atoms. The molecule has 3 rings (SSSR count). The smallest absolute Gasteiger partial charge is 0.335 e. The molecule has 6 heteroatoms. The lowest BCUT2D eigenvalue weighted by atomic mass is 9.97. The van der Waals surface area contributed by atoms with Gasteiger partial charge in [-0.05, 0) is 24.3 Å². The van der Waals surface area contributed by atoms with Gasteiger partial charge in [0.1, 0.15) is 0 Å². The van der Waals surface area contributed by atoms with Gasteiger partial charge in [-0.25, -0.2) is 4.79 Å². The van der Waals surface area contributed by atoms with E-state index in [9.17, 15) is 14.4 Å². The lowest BCUT2D eigenvalue weighted by Gasteiger charge is -2.10. The summed E-state index contributed by atoms with van der Waals surface area (Å²) in [6.45, 7) is 0. The standard InChI is InChI=1S/C22H16N2O4/c25-20(15-7-3-1-4-8-15)19(21(26)16-9-5-2-6-10-16)24-23-18-13-11-17(12-14-18)22(27)28/h1-14,19H,(H,27,28). The monoisotopic (exact) mass is 372 g/mol. The first kappa shape index (κ1) is 18.8. The number of hydrogen-bond donors (Lipinski definition) is 1. The van der Waals surface area contributed by atoms with E-state index in [0.29, 0.717) is 16.8 Å². The third kappa shape index (κ3) is 4.42. The van der Waals surface area contributed by atoms with Gasteiger partial charge in [0, 0.05) is 11.1 Å². The Morgan fingerprint density at radius 2 is 1.11 bits per heavy atom. The number of Topliss-reactive ketones (excluding diaryl/α,β-unsaturated/α-hetero) is 2. The van der Waals surface area contributed by atoms with Crippen molar-refractivity contribution in [1.82, 2.24) is 0 Å². The number of carbonyl (C=O) groups is 3. The van der Waals surface area contributed by atoms with Crippen molar-refractivity contribution >= 4 is 23.2 Å². The average Bonchev–Trinajstić information content (AvgIpc) is 2.75. The Labute approximate surface area is 161 Å². The quantitative estimate of drug-likeness (QED) is 0.372. The van der Waals surface area contributed by atoms with Crippen LogP contribution in [0, 0.1) is 0 Å². The highest BCUT2D eigenvalue weighted by atomic mass is 16.4. The second kappa shape index (κ2) is 8.64. The minimum Gasteiger partial charge on any atom is -0.478 e. The van der Waals surface area contributed by atoms with Crippen molar-refractivity contribution in [3.05, 3.63) is 102 Å². The Balaban J connectivity index is 1.92. The summed E-state index contributed by atoms with van der Waals surface area (Å²) in [5.41, 5.74) is 1.17. The molecule has 1 N–H and O–H groups in total. The molecule has 0 aliphatic heterocycles. The number of hydrogen-bond acceptors (Lipinski definition) is 5. The summed E-state index contributed by atoms with van der Waals surface area (Å²) in [6.07, 6.45) is 0. The average molecular weight is 372 g/mol. The van der Waals surface area contributed by atoms with Crippen molar-refractivity contribution < 1.29 is 19.5 Å². The third-order valence-electron chi connectivity index (χ3n) is 4.02. The first-order valence-electron chi connectivity index (χ1n) is 8.49. The molecule has 6 nitrogen and oxygen atoms in total. The van der Waals surface area contributed by atoms with Crippen LogP contribution < -0.4 is 0 Å². The maximum Gasteiger partial charge on any atom is 0.335 e. The van der Waals surface area contributed by atoms with Gasteiger partial charge in [0.25, 0.3) is 0 Å². The molecule has 0 aliphatic carbocycles. The molecule has 0 atom stereocenters. The predicted molar refractivity (Wildman–Crippen MR) is 103 cm³/mol. The van der Waals surface area contributed by atoms with Gasteiger partial charge in [0.05, 0.1) is 11.3 Å². The molecule has 0 amide bonds. The van der Waals surface area contributed by atoms with E-state index >= 15 is 0 Å². The van der Waals surface area contributed by atoms with E-state index < -0.39 is 23.6 Å². The summed E-state index contributed by atoms with van der Waals surface area (Å²) < 4.78 is 0. The summed E-state index contributed by atoms with van der Waals surface area (Å²) in [5, 5.41) is 16.9. The number of ketones is 2. The molecule has 0 spiro atoms. The zero-order chi connectivity index (χ0) is 19.9. The van der Waals surface area contributed by atoms with Crippen molar-refractivity contribution in [3.8, 4) is 0 Å². The van der Waals surface area contributed by atoms with Crippen LogP contribution in [0.2, 0.25) is 0 Å². The fourth-order valence-electron chi connectivity index (χ4n) is 2.54. The van der Waals surface area contributed by atoms with Crippen molar-refractivity contribution in [2.75, 3.05) is 0 Å². The van der Waals surface area contributed by atoms with E-state index in [4.69, 9.17) is 5.11 Å². The third-order valence-corrected chi connectivity index (χ3v) is 4.02. The number of nitrogens with zero attached hydrogens (tertiary/aromatic N) is 2. The number of carbonyl (C=O) groups excluding carboxylic acids is 2. The maximum absolute atomic E-state index is 12.9. The number of benzene rings is 3. The van der Waals surface area contributed by atoms with Crippen molar-refractivity contribution in [3.63, 3.8) is 0 Å². The molecular formula is C22H16N2O4. The maximum atomic E-state index is 12.9. The van der Waals surface area contributed by atoms with Crippen LogP contribution in [0.25, 0.3) is 0 Å². The minimum absolute atomic E-state index is 0.108. The molecule has 0 saturated heterocycles. The first-order valence-corrected chi connectivity index (χ1v) is 8.49. The summed E-state index contributed by atoms with van der Waals surface area (Å²) in [5.74, 6) is -1.97. The lowest BCUT2D eigenvalue weighted by Crippen LogP contribution is -2.28. The van der Waals surface area contributed by atoms with E-state index in [1.807, 2.05) is 0 Å². The van der Waals surface area contributed by atoms with Crippen LogP contribution in [0.15, 0.2) is 95.2 Å². The van der Waals surface area contributed by atoms with Crippen molar-refractivity contribution in [1.29, 1.82) is 0 Å². The van der Waals surface area contributed by atoms with Crippen LogP contribution in [-0.4, -0.2) is 28.7 Å². The van der Waals surface area contributed by atoms with Gasteiger partial charge in [0.15, 0.2) is 17.6 Å². The molecule has 0 fully saturated rings. The zero-order valence-corrected chi connectivity index (χ0v) is 14.7. The minimum atomic E-state index is -1.33. The highest BCUT2D eigenvalue weighted by Gasteiger charge is 2.28. The van der Waals surface area contributed by atoms with E-state index in [0.717, 1.165) is 0 Å². The number of rotatable bonds is 7. The molecule has 0 saturated carbocycles. The Kier molecular flexibility index (Phi) is 5.81. The summed E-state index contributed by atoms with van der Waals surface area (Å²) in [4.78, 5) is 36.7. The number of azo groups is 1. The molecule has 3 aromatic rings. The van der Waals surface area contributed by atoms with E-state index in [2.05, 4.69) is 10.2 Å². The highest BCUT2D eigenvalue weighted by molar-refractivity contribution is 6.19. The van der Waals surface area contributed by atoms with Crippen LogP contribution in [0.3, 0.4) is 0 Å². The van der Waals surface area contributed by atoms with Crippen molar-refractivity contribution in [2.24, 2.45) is 10.2 Å². The molecule has 3 aromatic carbocycles.